The average molecular weight is 397 g/mol. The zero-order chi connectivity index (χ0) is 21.6. The molecule has 2 aromatic carbocycles. The van der Waals surface area contributed by atoms with Crippen molar-refractivity contribution in [2.45, 2.75) is 60.2 Å². The summed E-state index contributed by atoms with van der Waals surface area (Å²) >= 11 is 0. The third kappa shape index (κ3) is 6.63. The maximum absolute atomic E-state index is 13.0. The normalized spacial score (nSPS) is 11.8. The largest absolute Gasteiger partial charge is 0.483 e. The predicted molar refractivity (Wildman–Crippen MR) is 116 cm³/mol. The summed E-state index contributed by atoms with van der Waals surface area (Å²) in [5.41, 5.74) is 4.16. The van der Waals surface area contributed by atoms with Gasteiger partial charge in [-0.1, -0.05) is 42.0 Å². The first-order chi connectivity index (χ1) is 13.7. The monoisotopic (exact) mass is 396 g/mol. The van der Waals surface area contributed by atoms with Gasteiger partial charge < -0.3 is 15.0 Å². The molecule has 2 amide bonds. The number of carbonyl (C=O) groups is 2. The number of hydrogen-bond donors (Lipinski definition) is 1. The Morgan fingerprint density at radius 2 is 1.59 bits per heavy atom. The van der Waals surface area contributed by atoms with Crippen LogP contribution in [0.3, 0.4) is 0 Å². The maximum atomic E-state index is 13.0. The van der Waals surface area contributed by atoms with E-state index in [0.29, 0.717) is 12.3 Å². The lowest BCUT2D eigenvalue weighted by Gasteiger charge is -2.29. The van der Waals surface area contributed by atoms with Crippen LogP contribution in [-0.4, -0.2) is 35.4 Å². The van der Waals surface area contributed by atoms with E-state index in [1.54, 1.807) is 11.8 Å². The summed E-state index contributed by atoms with van der Waals surface area (Å²) < 4.78 is 5.81. The van der Waals surface area contributed by atoms with E-state index in [9.17, 15) is 9.59 Å². The van der Waals surface area contributed by atoms with Crippen molar-refractivity contribution in [2.24, 2.45) is 0 Å². The Hall–Kier alpha value is -2.82. The van der Waals surface area contributed by atoms with Crippen molar-refractivity contribution in [3.63, 3.8) is 0 Å². The van der Waals surface area contributed by atoms with Crippen LogP contribution >= 0.6 is 0 Å². The van der Waals surface area contributed by atoms with Gasteiger partial charge in [0.1, 0.15) is 11.8 Å². The number of carbonyl (C=O) groups excluding carboxylic acids is 2. The van der Waals surface area contributed by atoms with Gasteiger partial charge in [-0.25, -0.2) is 0 Å². The zero-order valence-electron chi connectivity index (χ0n) is 18.3. The van der Waals surface area contributed by atoms with E-state index in [-0.39, 0.29) is 24.5 Å². The quantitative estimate of drug-likeness (QED) is 0.735. The fraction of sp³-hybridized carbons (Fsp3) is 0.417. The Balaban J connectivity index is 2.17. The summed E-state index contributed by atoms with van der Waals surface area (Å²) in [6, 6.07) is 13.3. The molecule has 0 heterocycles. The molecule has 29 heavy (non-hydrogen) atoms. The van der Waals surface area contributed by atoms with E-state index >= 15 is 0 Å². The molecule has 0 unspecified atom stereocenters. The Morgan fingerprint density at radius 3 is 2.21 bits per heavy atom. The van der Waals surface area contributed by atoms with Crippen LogP contribution in [-0.2, 0) is 16.1 Å². The van der Waals surface area contributed by atoms with Gasteiger partial charge in [-0.15, -0.1) is 0 Å². The molecule has 5 nitrogen and oxygen atoms in total. The summed E-state index contributed by atoms with van der Waals surface area (Å²) in [5.74, 6) is 0.290. The fourth-order valence-corrected chi connectivity index (χ4v) is 2.96. The molecule has 156 valence electrons. The summed E-state index contributed by atoms with van der Waals surface area (Å²) in [7, 11) is 0. The van der Waals surface area contributed by atoms with Crippen molar-refractivity contribution >= 4 is 11.8 Å². The van der Waals surface area contributed by atoms with Crippen LogP contribution in [0.4, 0.5) is 0 Å². The predicted octanol–water partition coefficient (Wildman–Crippen LogP) is 3.93. The number of hydrogen-bond acceptors (Lipinski definition) is 3. The van der Waals surface area contributed by atoms with E-state index in [4.69, 9.17) is 4.74 Å². The smallest absolute Gasteiger partial charge is 0.261 e. The van der Waals surface area contributed by atoms with Crippen molar-refractivity contribution < 1.29 is 14.3 Å². The first-order valence-corrected chi connectivity index (χ1v) is 10.0. The minimum absolute atomic E-state index is 0.00692. The highest BCUT2D eigenvalue weighted by atomic mass is 16.5. The second-order valence-electron chi connectivity index (χ2n) is 7.90. The van der Waals surface area contributed by atoms with Crippen LogP contribution in [0.25, 0.3) is 0 Å². The topological polar surface area (TPSA) is 58.6 Å². The molecule has 0 spiro atoms. The van der Waals surface area contributed by atoms with Gasteiger partial charge in [0, 0.05) is 12.6 Å². The lowest BCUT2D eigenvalue weighted by Crippen LogP contribution is -2.50. The minimum atomic E-state index is -0.603. The highest BCUT2D eigenvalue weighted by Gasteiger charge is 2.27. The number of nitrogens with one attached hydrogen (secondary N) is 1. The number of amides is 2. The molecule has 2 rings (SSSR count). The fourth-order valence-electron chi connectivity index (χ4n) is 2.96. The van der Waals surface area contributed by atoms with Crippen LogP contribution < -0.4 is 10.1 Å². The molecule has 0 aliphatic rings. The van der Waals surface area contributed by atoms with E-state index in [0.717, 1.165) is 22.3 Å². The molecule has 0 saturated heterocycles. The minimum Gasteiger partial charge on any atom is -0.483 e. The molecule has 0 bridgehead atoms. The first kappa shape index (κ1) is 22.5. The number of nitrogens with zero attached hydrogens (tertiary/aromatic N) is 1. The molecule has 2 aromatic rings. The third-order valence-electron chi connectivity index (χ3n) is 4.77. The Kier molecular flexibility index (Phi) is 7.82. The molecule has 0 radical (unpaired) electrons. The van der Waals surface area contributed by atoms with E-state index in [1.807, 2.05) is 77.1 Å². The van der Waals surface area contributed by atoms with Crippen molar-refractivity contribution in [1.82, 2.24) is 10.2 Å². The molecular formula is C24H32N2O3. The van der Waals surface area contributed by atoms with Gasteiger partial charge in [0.25, 0.3) is 5.91 Å². The summed E-state index contributed by atoms with van der Waals surface area (Å²) in [5, 5.41) is 2.89. The number of rotatable bonds is 8. The number of ether oxygens (including phenoxy) is 1. The van der Waals surface area contributed by atoms with E-state index < -0.39 is 6.04 Å². The van der Waals surface area contributed by atoms with Crippen LogP contribution in [0.1, 0.15) is 43.0 Å². The Morgan fingerprint density at radius 1 is 0.966 bits per heavy atom. The van der Waals surface area contributed by atoms with Crippen LogP contribution in [0.15, 0.2) is 42.5 Å². The van der Waals surface area contributed by atoms with Crippen molar-refractivity contribution in [1.29, 1.82) is 0 Å². The van der Waals surface area contributed by atoms with Crippen LogP contribution in [0.5, 0.6) is 5.75 Å². The van der Waals surface area contributed by atoms with Gasteiger partial charge in [-0.2, -0.15) is 0 Å². The SMILES string of the molecule is Cc1ccc(CN(C(=O)COc2cc(C)ccc2C)[C@H](C)C(=O)NC(C)C)cc1. The van der Waals surface area contributed by atoms with Crippen LogP contribution in [0, 0.1) is 20.8 Å². The lowest BCUT2D eigenvalue weighted by atomic mass is 10.1. The molecule has 5 heteroatoms. The second kappa shape index (κ2) is 10.1. The van der Waals surface area contributed by atoms with Crippen molar-refractivity contribution in [3.05, 3.63) is 64.7 Å². The van der Waals surface area contributed by atoms with E-state index in [1.165, 1.54) is 0 Å². The molecule has 0 aliphatic heterocycles. The van der Waals surface area contributed by atoms with Gasteiger partial charge in [0.15, 0.2) is 6.61 Å². The summed E-state index contributed by atoms with van der Waals surface area (Å²) in [6.07, 6.45) is 0. The Bertz CT molecular complexity index is 844. The maximum Gasteiger partial charge on any atom is 0.261 e. The standard InChI is InChI=1S/C24H32N2O3/c1-16(2)25-24(28)20(6)26(14-21-11-8-17(3)9-12-21)23(27)15-29-22-13-18(4)7-10-19(22)5/h7-13,16,20H,14-15H2,1-6H3,(H,25,28)/t20-/m1/s1. The zero-order valence-corrected chi connectivity index (χ0v) is 18.3. The first-order valence-electron chi connectivity index (χ1n) is 10.0. The molecule has 1 N–H and O–H groups in total. The summed E-state index contributed by atoms with van der Waals surface area (Å²) in [4.78, 5) is 27.2. The van der Waals surface area contributed by atoms with E-state index in [2.05, 4.69) is 5.32 Å². The van der Waals surface area contributed by atoms with Gasteiger partial charge >= 0.3 is 0 Å². The van der Waals surface area contributed by atoms with Gasteiger partial charge in [-0.3, -0.25) is 9.59 Å². The Labute approximate surface area is 174 Å². The van der Waals surface area contributed by atoms with Crippen molar-refractivity contribution in [2.75, 3.05) is 6.61 Å². The summed E-state index contributed by atoms with van der Waals surface area (Å²) in [6.45, 7) is 11.7. The van der Waals surface area contributed by atoms with Gasteiger partial charge in [0.2, 0.25) is 5.91 Å². The van der Waals surface area contributed by atoms with Crippen LogP contribution in [0.2, 0.25) is 0 Å². The highest BCUT2D eigenvalue weighted by Crippen LogP contribution is 2.19. The van der Waals surface area contributed by atoms with Crippen molar-refractivity contribution in [3.8, 4) is 5.75 Å². The third-order valence-corrected chi connectivity index (χ3v) is 4.77. The highest BCUT2D eigenvalue weighted by molar-refractivity contribution is 5.88. The molecule has 0 aliphatic carbocycles. The average Bonchev–Trinajstić information content (AvgIpc) is 2.67. The van der Waals surface area contributed by atoms with Gasteiger partial charge in [0.05, 0.1) is 0 Å². The van der Waals surface area contributed by atoms with Gasteiger partial charge in [-0.05, 0) is 64.3 Å². The second-order valence-corrected chi connectivity index (χ2v) is 7.90. The lowest BCUT2D eigenvalue weighted by molar-refractivity contribution is -0.142. The molecule has 0 saturated carbocycles. The number of benzene rings is 2. The molecule has 0 fully saturated rings. The molecule has 1 atom stereocenters. The number of aryl methyl sites for hydroxylation is 3. The molecule has 0 aromatic heterocycles. The molecular weight excluding hydrogens is 364 g/mol.